The van der Waals surface area contributed by atoms with Gasteiger partial charge in [0.25, 0.3) is 0 Å². The molecule has 0 fully saturated rings. The van der Waals surface area contributed by atoms with Gasteiger partial charge in [0.05, 0.1) is 23.9 Å². The Morgan fingerprint density at radius 3 is 1.84 bits per heavy atom. The molecule has 264 valence electrons. The van der Waals surface area contributed by atoms with Crippen LogP contribution in [-0.4, -0.2) is 48.1 Å². The van der Waals surface area contributed by atoms with Gasteiger partial charge in [-0.3, -0.25) is 4.28 Å². The quantitative estimate of drug-likeness (QED) is 0.0766. The molecule has 49 heavy (non-hydrogen) atoms. The minimum atomic E-state index is -5.00. The molecule has 0 radical (unpaired) electrons. The van der Waals surface area contributed by atoms with Crippen LogP contribution >= 0.6 is 0 Å². The Balaban J connectivity index is 1.27. The van der Waals surface area contributed by atoms with E-state index in [-0.39, 0.29) is 52.7 Å². The van der Waals surface area contributed by atoms with Crippen molar-refractivity contribution in [1.82, 2.24) is 5.48 Å². The fourth-order valence-electron chi connectivity index (χ4n) is 4.22. The van der Waals surface area contributed by atoms with Crippen LogP contribution in [0.25, 0.3) is 0 Å². The summed E-state index contributed by atoms with van der Waals surface area (Å²) >= 11 is 0. The van der Waals surface area contributed by atoms with E-state index in [4.69, 9.17) is 9.47 Å². The lowest BCUT2D eigenvalue weighted by Gasteiger charge is -2.21. The van der Waals surface area contributed by atoms with Crippen LogP contribution in [0, 0.1) is 0 Å². The van der Waals surface area contributed by atoms with Crippen LogP contribution in [0.2, 0.25) is 0 Å². The number of halogens is 6. The van der Waals surface area contributed by atoms with Crippen molar-refractivity contribution in [3.8, 4) is 5.75 Å². The monoisotopic (exact) mass is 734 g/mol. The Kier molecular flexibility index (Phi) is 12.1. The second-order valence-corrected chi connectivity index (χ2v) is 13.2. The molecule has 18 heteroatoms. The number of hydrogen-bond donors (Lipinski definition) is 1. The van der Waals surface area contributed by atoms with Gasteiger partial charge >= 0.3 is 32.6 Å². The number of allylic oxidation sites excluding steroid dienone is 4. The number of nitrogens with zero attached hydrogens (tertiary/aromatic N) is 1. The molecule has 0 aromatic heterocycles. The minimum Gasteiger partial charge on any atom is -0.498 e. The van der Waals surface area contributed by atoms with E-state index >= 15 is 0 Å². The maximum absolute atomic E-state index is 13.7. The van der Waals surface area contributed by atoms with Crippen LogP contribution < -0.4 is 10.2 Å². The number of alkyl halides is 6. The number of rotatable bonds is 15. The zero-order chi connectivity index (χ0) is 35.7. The van der Waals surface area contributed by atoms with Crippen LogP contribution in [-0.2, 0) is 33.5 Å². The molecule has 0 bridgehead atoms. The lowest BCUT2D eigenvalue weighted by Crippen LogP contribution is -2.35. The number of ether oxygens (including phenoxy) is 2. The van der Waals surface area contributed by atoms with Crippen LogP contribution in [0.4, 0.5) is 26.3 Å². The summed E-state index contributed by atoms with van der Waals surface area (Å²) in [6.07, 6.45) is -7.32. The molecule has 3 aromatic carbocycles. The minimum absolute atomic E-state index is 0.0550. The third-order valence-electron chi connectivity index (χ3n) is 6.64. The highest BCUT2D eigenvalue weighted by molar-refractivity contribution is 7.87. The van der Waals surface area contributed by atoms with Crippen molar-refractivity contribution in [2.75, 3.05) is 13.2 Å². The number of nitrogens with one attached hydrogen (secondary N) is 1. The van der Waals surface area contributed by atoms with Gasteiger partial charge in [-0.15, -0.1) is 0 Å². The molecular formula is C31H28F6N2O8S2. The lowest BCUT2D eigenvalue weighted by molar-refractivity contribution is -0.174. The second-order valence-electron chi connectivity index (χ2n) is 10.2. The van der Waals surface area contributed by atoms with Crippen molar-refractivity contribution in [3.05, 3.63) is 114 Å². The summed E-state index contributed by atoms with van der Waals surface area (Å²) in [4.78, 5) is -0.691. The molecule has 10 nitrogen and oxygen atoms in total. The SMILES string of the molecule is O=S(=O)(O/N=C(/C1=CC=C(OCCCOc2ccc(C(NOS(=O)(=O)c3ccccc3)C(F)(F)F)cc2)CC1)C(F)(F)F)c1ccccc1. The number of benzene rings is 3. The summed E-state index contributed by atoms with van der Waals surface area (Å²) < 4.78 is 151. The molecule has 1 atom stereocenters. The predicted molar refractivity (Wildman–Crippen MR) is 163 cm³/mol. The van der Waals surface area contributed by atoms with E-state index in [2.05, 4.69) is 13.7 Å². The number of hydroxylamine groups is 1. The van der Waals surface area contributed by atoms with Gasteiger partial charge in [-0.25, -0.2) is 0 Å². The maximum atomic E-state index is 13.7. The smallest absolute Gasteiger partial charge is 0.436 e. The highest BCUT2D eigenvalue weighted by atomic mass is 32.2. The molecule has 0 spiro atoms. The van der Waals surface area contributed by atoms with Crippen LogP contribution in [0.3, 0.4) is 0 Å². The van der Waals surface area contributed by atoms with Gasteiger partial charge in [0.15, 0.2) is 11.8 Å². The third kappa shape index (κ3) is 10.8. The standard InChI is InChI=1S/C31H28F6N2O8S2/c32-30(33,34)28(38-46-48(40,41)26-8-3-1-4-9-26)22-12-16-24(17-13-22)44-20-7-21-45-25-18-14-23(15-19-25)29(31(35,36)37)39-47-49(42,43)27-10-5-2-6-11-27/h1-6,8-14,16-18,28,38H,7,15,19-21H2/b39-29-. The van der Waals surface area contributed by atoms with Crippen molar-refractivity contribution < 1.29 is 61.2 Å². The number of hydrogen-bond acceptors (Lipinski definition) is 10. The first-order chi connectivity index (χ1) is 23.1. The largest absolute Gasteiger partial charge is 0.498 e. The van der Waals surface area contributed by atoms with Crippen molar-refractivity contribution in [3.63, 3.8) is 0 Å². The van der Waals surface area contributed by atoms with E-state index in [0.29, 0.717) is 12.2 Å². The van der Waals surface area contributed by atoms with E-state index in [1.54, 1.807) is 5.48 Å². The van der Waals surface area contributed by atoms with Gasteiger partial charge in [0, 0.05) is 12.8 Å². The Labute approximate surface area is 277 Å². The van der Waals surface area contributed by atoms with Crippen molar-refractivity contribution in [2.45, 2.75) is 47.4 Å². The average Bonchev–Trinajstić information content (AvgIpc) is 3.05. The first-order valence-electron chi connectivity index (χ1n) is 14.3. The first-order valence-corrected chi connectivity index (χ1v) is 17.1. The van der Waals surface area contributed by atoms with Gasteiger partial charge in [-0.1, -0.05) is 59.8 Å². The molecule has 0 amide bonds. The van der Waals surface area contributed by atoms with E-state index in [9.17, 15) is 43.2 Å². The summed E-state index contributed by atoms with van der Waals surface area (Å²) in [5.74, 6) is 0.567. The predicted octanol–water partition coefficient (Wildman–Crippen LogP) is 6.91. The molecule has 1 aliphatic carbocycles. The summed E-state index contributed by atoms with van der Waals surface area (Å²) in [6.45, 7) is 0.171. The third-order valence-corrected chi connectivity index (χ3v) is 8.92. The summed E-state index contributed by atoms with van der Waals surface area (Å²) in [6, 6.07) is 15.4. The molecule has 3 aromatic rings. The van der Waals surface area contributed by atoms with E-state index in [0.717, 1.165) is 30.3 Å². The average molecular weight is 735 g/mol. The van der Waals surface area contributed by atoms with Gasteiger partial charge in [-0.05, 0) is 60.0 Å². The van der Waals surface area contributed by atoms with Gasteiger partial charge < -0.3 is 9.47 Å². The van der Waals surface area contributed by atoms with E-state index in [1.807, 2.05) is 0 Å². The fraction of sp³-hybridized carbons (Fsp3) is 0.258. The highest BCUT2D eigenvalue weighted by Gasteiger charge is 2.42. The Bertz CT molecular complexity index is 1860. The molecule has 0 saturated heterocycles. The zero-order valence-corrected chi connectivity index (χ0v) is 26.8. The summed E-state index contributed by atoms with van der Waals surface area (Å²) in [5.41, 5.74) is -0.554. The molecule has 1 aliphatic rings. The molecule has 1 N–H and O–H groups in total. The Morgan fingerprint density at radius 2 is 1.31 bits per heavy atom. The van der Waals surface area contributed by atoms with Gasteiger partial charge in [0.2, 0.25) is 0 Å². The van der Waals surface area contributed by atoms with Crippen LogP contribution in [0.15, 0.2) is 123 Å². The molecular weight excluding hydrogens is 706 g/mol. The Morgan fingerprint density at radius 1 is 0.735 bits per heavy atom. The normalized spacial score (nSPS) is 15.2. The zero-order valence-electron chi connectivity index (χ0n) is 25.1. The highest BCUT2D eigenvalue weighted by Crippen LogP contribution is 2.34. The first kappa shape index (κ1) is 37.4. The number of oxime groups is 1. The van der Waals surface area contributed by atoms with E-state index in [1.165, 1.54) is 66.7 Å². The van der Waals surface area contributed by atoms with Crippen molar-refractivity contribution in [1.29, 1.82) is 0 Å². The maximum Gasteiger partial charge on any atom is 0.436 e. The topological polar surface area (TPSA) is 130 Å². The summed E-state index contributed by atoms with van der Waals surface area (Å²) in [7, 11) is -9.09. The van der Waals surface area contributed by atoms with Crippen LogP contribution in [0.1, 0.15) is 30.9 Å². The van der Waals surface area contributed by atoms with E-state index < -0.39 is 44.3 Å². The van der Waals surface area contributed by atoms with Crippen molar-refractivity contribution in [2.24, 2.45) is 5.16 Å². The molecule has 4 rings (SSSR count). The molecule has 0 aliphatic heterocycles. The Hall–Kier alpha value is -4.39. The van der Waals surface area contributed by atoms with Crippen LogP contribution in [0.5, 0.6) is 5.75 Å². The summed E-state index contributed by atoms with van der Waals surface area (Å²) in [5, 5.41) is 2.92. The van der Waals surface area contributed by atoms with Crippen molar-refractivity contribution >= 4 is 25.9 Å². The van der Waals surface area contributed by atoms with Gasteiger partial charge in [0.1, 0.15) is 10.6 Å². The molecule has 0 saturated carbocycles. The lowest BCUT2D eigenvalue weighted by atomic mass is 9.99. The molecule has 1 unspecified atom stereocenters. The van der Waals surface area contributed by atoms with Gasteiger partial charge in [-0.2, -0.15) is 52.9 Å². The molecule has 0 heterocycles. The fourth-order valence-corrected chi connectivity index (χ4v) is 5.78. The second kappa shape index (κ2) is 15.9.